The zero-order chi connectivity index (χ0) is 14.7. The Morgan fingerprint density at radius 3 is 2.38 bits per heavy atom. The number of hydrogen-bond acceptors (Lipinski definition) is 3. The van der Waals surface area contributed by atoms with Crippen LogP contribution in [0.25, 0.3) is 0 Å². The van der Waals surface area contributed by atoms with Crippen LogP contribution in [0.4, 0.5) is 0 Å². The molecule has 3 nitrogen and oxygen atoms in total. The van der Waals surface area contributed by atoms with E-state index in [9.17, 15) is 0 Å². The molecule has 2 aromatic carbocycles. The Morgan fingerprint density at radius 1 is 1.00 bits per heavy atom. The molecule has 0 saturated heterocycles. The van der Waals surface area contributed by atoms with Gasteiger partial charge >= 0.3 is 0 Å². The van der Waals surface area contributed by atoms with E-state index in [2.05, 4.69) is 24.4 Å². The topological polar surface area (TPSA) is 30.5 Å². The largest absolute Gasteiger partial charge is 0.486 e. The molecule has 1 aliphatic heterocycles. The van der Waals surface area contributed by atoms with Gasteiger partial charge in [0.2, 0.25) is 0 Å². The van der Waals surface area contributed by atoms with Gasteiger partial charge in [0.25, 0.3) is 0 Å². The first-order valence-corrected chi connectivity index (χ1v) is 7.54. The molecule has 1 N–H and O–H groups in total. The monoisotopic (exact) mass is 303 g/mol. The van der Waals surface area contributed by atoms with Crippen LogP contribution in [-0.4, -0.2) is 19.8 Å². The van der Waals surface area contributed by atoms with E-state index in [1.54, 1.807) is 0 Å². The van der Waals surface area contributed by atoms with Crippen LogP contribution in [-0.2, 0) is 0 Å². The molecule has 0 spiro atoms. The summed E-state index contributed by atoms with van der Waals surface area (Å²) in [7, 11) is 0. The second-order valence-corrected chi connectivity index (χ2v) is 5.38. The van der Waals surface area contributed by atoms with Gasteiger partial charge in [0.1, 0.15) is 13.2 Å². The maximum absolute atomic E-state index is 5.98. The quantitative estimate of drug-likeness (QED) is 0.931. The van der Waals surface area contributed by atoms with Crippen molar-refractivity contribution in [2.24, 2.45) is 0 Å². The highest BCUT2D eigenvalue weighted by atomic mass is 35.5. The Hall–Kier alpha value is -1.71. The van der Waals surface area contributed by atoms with E-state index < -0.39 is 0 Å². The van der Waals surface area contributed by atoms with Crippen LogP contribution in [0.1, 0.15) is 24.1 Å². The molecule has 0 fully saturated rings. The summed E-state index contributed by atoms with van der Waals surface area (Å²) in [5.41, 5.74) is 2.33. The van der Waals surface area contributed by atoms with Crippen molar-refractivity contribution >= 4 is 11.6 Å². The highest BCUT2D eigenvalue weighted by molar-refractivity contribution is 6.30. The summed E-state index contributed by atoms with van der Waals surface area (Å²) in [6.45, 7) is 4.19. The molecule has 4 heteroatoms. The first-order chi connectivity index (χ1) is 10.3. The lowest BCUT2D eigenvalue weighted by Gasteiger charge is -2.23. The predicted molar refractivity (Wildman–Crippen MR) is 84.4 cm³/mol. The third-order valence-corrected chi connectivity index (χ3v) is 3.76. The standard InChI is InChI=1S/C17H18ClNO2/c1-2-19-17(12-3-6-14(18)7-4-12)13-5-8-15-16(11-13)21-10-9-20-15/h3-8,11,17,19H,2,9-10H2,1H3. The second-order valence-electron chi connectivity index (χ2n) is 4.95. The van der Waals surface area contributed by atoms with Crippen molar-refractivity contribution in [1.29, 1.82) is 0 Å². The van der Waals surface area contributed by atoms with E-state index in [4.69, 9.17) is 21.1 Å². The third kappa shape index (κ3) is 3.14. The van der Waals surface area contributed by atoms with E-state index in [0.29, 0.717) is 13.2 Å². The van der Waals surface area contributed by atoms with Crippen molar-refractivity contribution < 1.29 is 9.47 Å². The van der Waals surface area contributed by atoms with Gasteiger partial charge in [-0.1, -0.05) is 36.7 Å². The predicted octanol–water partition coefficient (Wildman–Crippen LogP) is 3.81. The van der Waals surface area contributed by atoms with Gasteiger partial charge in [-0.2, -0.15) is 0 Å². The summed E-state index contributed by atoms with van der Waals surface area (Å²) in [4.78, 5) is 0. The SMILES string of the molecule is CCNC(c1ccc(Cl)cc1)c1ccc2c(c1)OCCO2. The molecule has 110 valence electrons. The fraction of sp³-hybridized carbons (Fsp3) is 0.294. The van der Waals surface area contributed by atoms with Gasteiger partial charge in [-0.25, -0.2) is 0 Å². The number of nitrogens with one attached hydrogen (secondary N) is 1. The Labute approximate surface area is 129 Å². The number of ether oxygens (including phenoxy) is 2. The molecule has 1 atom stereocenters. The number of rotatable bonds is 4. The van der Waals surface area contributed by atoms with Crippen LogP contribution < -0.4 is 14.8 Å². The average Bonchev–Trinajstić information content (AvgIpc) is 2.53. The van der Waals surface area contributed by atoms with E-state index in [0.717, 1.165) is 28.6 Å². The summed E-state index contributed by atoms with van der Waals surface area (Å²) in [5.74, 6) is 1.63. The van der Waals surface area contributed by atoms with Gasteiger partial charge in [0.05, 0.1) is 6.04 Å². The molecule has 0 aromatic heterocycles. The molecule has 1 unspecified atom stereocenters. The number of fused-ring (bicyclic) bond motifs is 1. The summed E-state index contributed by atoms with van der Waals surface area (Å²) >= 11 is 5.98. The van der Waals surface area contributed by atoms with Crippen LogP contribution in [0, 0.1) is 0 Å². The molecule has 0 aliphatic carbocycles. The van der Waals surface area contributed by atoms with Crippen molar-refractivity contribution in [2.45, 2.75) is 13.0 Å². The van der Waals surface area contributed by atoms with Crippen LogP contribution in [0.2, 0.25) is 5.02 Å². The van der Waals surface area contributed by atoms with Crippen molar-refractivity contribution in [1.82, 2.24) is 5.32 Å². The second kappa shape index (κ2) is 6.37. The zero-order valence-corrected chi connectivity index (χ0v) is 12.7. The van der Waals surface area contributed by atoms with E-state index >= 15 is 0 Å². The van der Waals surface area contributed by atoms with Crippen molar-refractivity contribution in [3.8, 4) is 11.5 Å². The Morgan fingerprint density at radius 2 is 1.67 bits per heavy atom. The van der Waals surface area contributed by atoms with Crippen molar-refractivity contribution in [2.75, 3.05) is 19.8 Å². The molecule has 0 amide bonds. The number of hydrogen-bond donors (Lipinski definition) is 1. The summed E-state index contributed by atoms with van der Waals surface area (Å²) < 4.78 is 11.3. The van der Waals surface area contributed by atoms with Gasteiger partial charge < -0.3 is 14.8 Å². The number of halogens is 1. The van der Waals surface area contributed by atoms with Gasteiger partial charge in [-0.3, -0.25) is 0 Å². The maximum Gasteiger partial charge on any atom is 0.161 e. The smallest absolute Gasteiger partial charge is 0.161 e. The molecule has 3 rings (SSSR count). The molecule has 0 radical (unpaired) electrons. The van der Waals surface area contributed by atoms with Gasteiger partial charge in [-0.15, -0.1) is 0 Å². The molecule has 1 aliphatic rings. The van der Waals surface area contributed by atoms with E-state index in [1.165, 1.54) is 5.56 Å². The highest BCUT2D eigenvalue weighted by Gasteiger charge is 2.17. The summed E-state index contributed by atoms with van der Waals surface area (Å²) in [5, 5.41) is 4.25. The molecule has 21 heavy (non-hydrogen) atoms. The average molecular weight is 304 g/mol. The lowest BCUT2D eigenvalue weighted by atomic mass is 9.98. The minimum Gasteiger partial charge on any atom is -0.486 e. The van der Waals surface area contributed by atoms with E-state index in [-0.39, 0.29) is 6.04 Å². The Bertz CT molecular complexity index is 613. The first-order valence-electron chi connectivity index (χ1n) is 7.16. The van der Waals surface area contributed by atoms with Gasteiger partial charge in [-0.05, 0) is 41.9 Å². The first kappa shape index (κ1) is 14.2. The van der Waals surface area contributed by atoms with Crippen molar-refractivity contribution in [3.05, 3.63) is 58.6 Å². The highest BCUT2D eigenvalue weighted by Crippen LogP contribution is 2.34. The molecule has 0 bridgehead atoms. The Kier molecular flexibility index (Phi) is 4.32. The minimum atomic E-state index is 0.114. The normalized spacial score (nSPS) is 14.8. The van der Waals surface area contributed by atoms with Gasteiger partial charge in [0.15, 0.2) is 11.5 Å². The minimum absolute atomic E-state index is 0.114. The molecule has 0 saturated carbocycles. The molecular formula is C17H18ClNO2. The van der Waals surface area contributed by atoms with Crippen LogP contribution in [0.3, 0.4) is 0 Å². The number of benzene rings is 2. The lowest BCUT2D eigenvalue weighted by molar-refractivity contribution is 0.171. The van der Waals surface area contributed by atoms with Crippen molar-refractivity contribution in [3.63, 3.8) is 0 Å². The molecule has 1 heterocycles. The Balaban J connectivity index is 1.95. The van der Waals surface area contributed by atoms with E-state index in [1.807, 2.05) is 30.3 Å². The summed E-state index contributed by atoms with van der Waals surface area (Å²) in [6.07, 6.45) is 0. The van der Waals surface area contributed by atoms with Crippen LogP contribution in [0.5, 0.6) is 11.5 Å². The maximum atomic E-state index is 5.98. The lowest BCUT2D eigenvalue weighted by Crippen LogP contribution is -2.22. The fourth-order valence-corrected chi connectivity index (χ4v) is 2.65. The van der Waals surface area contributed by atoms with Crippen LogP contribution >= 0.6 is 11.6 Å². The summed E-state index contributed by atoms with van der Waals surface area (Å²) in [6, 6.07) is 14.1. The molecular weight excluding hydrogens is 286 g/mol. The third-order valence-electron chi connectivity index (χ3n) is 3.51. The van der Waals surface area contributed by atoms with Gasteiger partial charge in [0, 0.05) is 5.02 Å². The fourth-order valence-electron chi connectivity index (χ4n) is 2.53. The zero-order valence-electron chi connectivity index (χ0n) is 11.9. The molecule has 2 aromatic rings. The van der Waals surface area contributed by atoms with Crippen LogP contribution in [0.15, 0.2) is 42.5 Å².